The van der Waals surface area contributed by atoms with Gasteiger partial charge in [-0.15, -0.1) is 11.8 Å². The van der Waals surface area contributed by atoms with Crippen molar-refractivity contribution < 1.29 is 9.72 Å². The van der Waals surface area contributed by atoms with Crippen LogP contribution in [0.2, 0.25) is 0 Å². The standard InChI is InChI=1S/C24H24N2O3S/c1-3-17-4-6-19(7-5-17)24(27)16-23(18-8-14-22(30-2)15-9-18)25-20-10-12-21(13-11-20)26(28)29/h4-15,23,25H,3,16H2,1-2H3. The van der Waals surface area contributed by atoms with Crippen LogP contribution >= 0.6 is 11.8 Å². The number of hydrogen-bond donors (Lipinski definition) is 1. The first-order valence-electron chi connectivity index (χ1n) is 9.77. The zero-order valence-electron chi connectivity index (χ0n) is 17.0. The normalized spacial score (nSPS) is 11.7. The molecule has 30 heavy (non-hydrogen) atoms. The number of carbonyl (C=O) groups is 1. The minimum absolute atomic E-state index is 0.0357. The van der Waals surface area contributed by atoms with Gasteiger partial charge in [-0.3, -0.25) is 14.9 Å². The lowest BCUT2D eigenvalue weighted by atomic mass is 9.97. The summed E-state index contributed by atoms with van der Waals surface area (Å²) in [5.41, 5.74) is 3.63. The van der Waals surface area contributed by atoms with Crippen LogP contribution < -0.4 is 5.32 Å². The molecule has 0 radical (unpaired) electrons. The van der Waals surface area contributed by atoms with E-state index in [1.165, 1.54) is 17.7 Å². The summed E-state index contributed by atoms with van der Waals surface area (Å²) in [4.78, 5) is 24.6. The summed E-state index contributed by atoms with van der Waals surface area (Å²) in [7, 11) is 0. The summed E-state index contributed by atoms with van der Waals surface area (Å²) >= 11 is 1.66. The topological polar surface area (TPSA) is 72.2 Å². The van der Waals surface area contributed by atoms with Crippen LogP contribution in [-0.4, -0.2) is 17.0 Å². The molecule has 0 aliphatic carbocycles. The molecule has 3 aromatic carbocycles. The number of rotatable bonds is 9. The second-order valence-corrected chi connectivity index (χ2v) is 7.83. The predicted octanol–water partition coefficient (Wildman–Crippen LogP) is 6.31. The maximum Gasteiger partial charge on any atom is 0.269 e. The van der Waals surface area contributed by atoms with Gasteiger partial charge in [0.15, 0.2) is 5.78 Å². The fourth-order valence-electron chi connectivity index (χ4n) is 3.20. The summed E-state index contributed by atoms with van der Waals surface area (Å²) < 4.78 is 0. The van der Waals surface area contributed by atoms with Gasteiger partial charge < -0.3 is 5.32 Å². The van der Waals surface area contributed by atoms with Gasteiger partial charge in [0.1, 0.15) is 0 Å². The molecular weight excluding hydrogens is 396 g/mol. The number of thioether (sulfide) groups is 1. The van der Waals surface area contributed by atoms with E-state index in [-0.39, 0.29) is 23.9 Å². The SMILES string of the molecule is CCc1ccc(C(=O)CC(Nc2ccc([N+](=O)[O-])cc2)c2ccc(SC)cc2)cc1. The fourth-order valence-corrected chi connectivity index (χ4v) is 3.61. The van der Waals surface area contributed by atoms with Crippen LogP contribution in [0.25, 0.3) is 0 Å². The van der Waals surface area contributed by atoms with Crippen molar-refractivity contribution in [1.29, 1.82) is 0 Å². The number of nitrogens with zero attached hydrogens (tertiary/aromatic N) is 1. The highest BCUT2D eigenvalue weighted by molar-refractivity contribution is 7.98. The third-order valence-electron chi connectivity index (χ3n) is 5.01. The maximum absolute atomic E-state index is 13.0. The van der Waals surface area contributed by atoms with Crippen molar-refractivity contribution in [2.75, 3.05) is 11.6 Å². The molecule has 0 saturated heterocycles. The highest BCUT2D eigenvalue weighted by Crippen LogP contribution is 2.27. The molecule has 154 valence electrons. The molecule has 0 amide bonds. The van der Waals surface area contributed by atoms with Crippen LogP contribution in [0.4, 0.5) is 11.4 Å². The maximum atomic E-state index is 13.0. The molecule has 0 heterocycles. The molecular formula is C24H24N2O3S. The van der Waals surface area contributed by atoms with Gasteiger partial charge in [-0.25, -0.2) is 0 Å². The molecule has 0 saturated carbocycles. The third-order valence-corrected chi connectivity index (χ3v) is 5.75. The van der Waals surface area contributed by atoms with Crippen molar-refractivity contribution in [1.82, 2.24) is 0 Å². The van der Waals surface area contributed by atoms with Gasteiger partial charge in [0, 0.05) is 34.7 Å². The minimum atomic E-state index is -0.425. The Kier molecular flexibility index (Phi) is 7.25. The zero-order chi connectivity index (χ0) is 21.5. The lowest BCUT2D eigenvalue weighted by Crippen LogP contribution is -2.16. The lowest BCUT2D eigenvalue weighted by molar-refractivity contribution is -0.384. The van der Waals surface area contributed by atoms with Crippen LogP contribution in [0, 0.1) is 10.1 Å². The van der Waals surface area contributed by atoms with Crippen LogP contribution in [0.15, 0.2) is 77.7 Å². The van der Waals surface area contributed by atoms with E-state index in [0.717, 1.165) is 22.6 Å². The Balaban J connectivity index is 1.83. The third kappa shape index (κ3) is 5.48. The summed E-state index contributed by atoms with van der Waals surface area (Å²) in [6.45, 7) is 2.08. The molecule has 3 rings (SSSR count). The summed E-state index contributed by atoms with van der Waals surface area (Å²) in [6, 6.07) is 21.8. The van der Waals surface area contributed by atoms with Crippen LogP contribution in [0.5, 0.6) is 0 Å². The molecule has 3 aromatic rings. The summed E-state index contributed by atoms with van der Waals surface area (Å²) in [5.74, 6) is 0.0472. The van der Waals surface area contributed by atoms with Crippen molar-refractivity contribution in [3.63, 3.8) is 0 Å². The molecule has 5 nitrogen and oxygen atoms in total. The highest BCUT2D eigenvalue weighted by Gasteiger charge is 2.18. The Morgan fingerprint density at radius 3 is 2.17 bits per heavy atom. The number of Topliss-reactive ketones (excluding diaryl/α,β-unsaturated/α-hetero) is 1. The second kappa shape index (κ2) is 10.1. The molecule has 1 unspecified atom stereocenters. The lowest BCUT2D eigenvalue weighted by Gasteiger charge is -2.20. The van der Waals surface area contributed by atoms with Crippen LogP contribution in [-0.2, 0) is 6.42 Å². The molecule has 0 aromatic heterocycles. The van der Waals surface area contributed by atoms with Crippen molar-refractivity contribution in [2.45, 2.75) is 30.7 Å². The highest BCUT2D eigenvalue weighted by atomic mass is 32.2. The first-order valence-corrected chi connectivity index (χ1v) is 11.0. The Morgan fingerprint density at radius 1 is 1.00 bits per heavy atom. The van der Waals surface area contributed by atoms with Crippen molar-refractivity contribution >= 4 is 28.9 Å². The number of benzene rings is 3. The number of hydrogen-bond acceptors (Lipinski definition) is 5. The first kappa shape index (κ1) is 21.6. The smallest absolute Gasteiger partial charge is 0.269 e. The van der Waals surface area contributed by atoms with Crippen molar-refractivity contribution in [2.24, 2.45) is 0 Å². The van der Waals surface area contributed by atoms with Gasteiger partial charge in [-0.05, 0) is 48.1 Å². The molecule has 0 spiro atoms. The number of carbonyl (C=O) groups excluding carboxylic acids is 1. The Hall–Kier alpha value is -3.12. The van der Waals surface area contributed by atoms with E-state index in [4.69, 9.17) is 0 Å². The molecule has 0 aliphatic heterocycles. The molecule has 1 atom stereocenters. The van der Waals surface area contributed by atoms with E-state index < -0.39 is 4.92 Å². The summed E-state index contributed by atoms with van der Waals surface area (Å²) in [6.07, 6.45) is 3.23. The van der Waals surface area contributed by atoms with E-state index in [1.807, 2.05) is 54.8 Å². The molecule has 0 fully saturated rings. The number of ketones is 1. The van der Waals surface area contributed by atoms with Gasteiger partial charge >= 0.3 is 0 Å². The van der Waals surface area contributed by atoms with E-state index in [1.54, 1.807) is 23.9 Å². The van der Waals surface area contributed by atoms with E-state index in [0.29, 0.717) is 5.56 Å². The molecule has 6 heteroatoms. The predicted molar refractivity (Wildman–Crippen MR) is 122 cm³/mol. The molecule has 0 aliphatic rings. The Bertz CT molecular complexity index is 1000. The quantitative estimate of drug-likeness (QED) is 0.190. The average Bonchev–Trinajstić information content (AvgIpc) is 2.79. The zero-order valence-corrected chi connectivity index (χ0v) is 17.8. The number of aryl methyl sites for hydroxylation is 1. The van der Waals surface area contributed by atoms with Crippen molar-refractivity contribution in [3.8, 4) is 0 Å². The molecule has 0 bridgehead atoms. The Labute approximate surface area is 180 Å². The first-order chi connectivity index (χ1) is 14.5. The number of nitro groups is 1. The minimum Gasteiger partial charge on any atom is -0.378 e. The number of nitro benzene ring substituents is 1. The van der Waals surface area contributed by atoms with Gasteiger partial charge in [0.25, 0.3) is 5.69 Å². The average molecular weight is 421 g/mol. The monoisotopic (exact) mass is 420 g/mol. The van der Waals surface area contributed by atoms with Crippen LogP contribution in [0.3, 0.4) is 0 Å². The Morgan fingerprint density at radius 2 is 1.63 bits per heavy atom. The second-order valence-electron chi connectivity index (χ2n) is 6.95. The van der Waals surface area contributed by atoms with E-state index >= 15 is 0 Å². The van der Waals surface area contributed by atoms with Gasteiger partial charge in [0.2, 0.25) is 0 Å². The van der Waals surface area contributed by atoms with Gasteiger partial charge in [-0.1, -0.05) is 43.3 Å². The van der Waals surface area contributed by atoms with Crippen molar-refractivity contribution in [3.05, 3.63) is 99.6 Å². The fraction of sp³-hybridized carbons (Fsp3) is 0.208. The number of anilines is 1. The molecule has 1 N–H and O–H groups in total. The van der Waals surface area contributed by atoms with Gasteiger partial charge in [0.05, 0.1) is 11.0 Å². The van der Waals surface area contributed by atoms with E-state index in [2.05, 4.69) is 12.2 Å². The largest absolute Gasteiger partial charge is 0.378 e. The number of nitrogens with one attached hydrogen (secondary N) is 1. The van der Waals surface area contributed by atoms with Crippen LogP contribution in [0.1, 0.15) is 40.9 Å². The van der Waals surface area contributed by atoms with E-state index in [9.17, 15) is 14.9 Å². The van der Waals surface area contributed by atoms with Gasteiger partial charge in [-0.2, -0.15) is 0 Å². The number of non-ortho nitro benzene ring substituents is 1. The summed E-state index contributed by atoms with van der Waals surface area (Å²) in [5, 5.41) is 14.3.